The van der Waals surface area contributed by atoms with Crippen LogP contribution in [0.4, 0.5) is 5.13 Å². The van der Waals surface area contributed by atoms with E-state index < -0.39 is 11.0 Å². The zero-order chi connectivity index (χ0) is 16.8. The van der Waals surface area contributed by atoms with E-state index in [9.17, 15) is 4.79 Å². The minimum atomic E-state index is -0.931. The van der Waals surface area contributed by atoms with E-state index in [0.29, 0.717) is 18.2 Å². The number of anilines is 1. The van der Waals surface area contributed by atoms with Gasteiger partial charge in [-0.3, -0.25) is 4.79 Å². The predicted molar refractivity (Wildman–Crippen MR) is 101 cm³/mol. The second kappa shape index (κ2) is 6.59. The summed E-state index contributed by atoms with van der Waals surface area (Å²) in [6.07, 6.45) is 0.546. The third-order valence-corrected chi connectivity index (χ3v) is 6.01. The molecule has 3 N–H and O–H groups in total. The number of para-hydroxylation sites is 1. The standard InChI is InChI=1S/C17H23N3O2S.ClH/c1-5-22-12-9-17(18,16(12,3)4)14(21)20-15-19-13-10(2)7-6-8-11(13)23-15;/h6-8,12H,5,9,18H2,1-4H3,(H,19,20,21);1H. The highest BCUT2D eigenvalue weighted by Gasteiger charge is 2.63. The maximum absolute atomic E-state index is 12.7. The van der Waals surface area contributed by atoms with Gasteiger partial charge in [-0.15, -0.1) is 12.4 Å². The number of fused-ring (bicyclic) bond motifs is 1. The average molecular weight is 370 g/mol. The Morgan fingerprint density at radius 1 is 1.50 bits per heavy atom. The number of amides is 1. The largest absolute Gasteiger partial charge is 0.378 e. The van der Waals surface area contributed by atoms with Crippen LogP contribution >= 0.6 is 23.7 Å². The Kier molecular flexibility index (Phi) is 5.25. The van der Waals surface area contributed by atoms with Crippen LogP contribution in [0.25, 0.3) is 10.2 Å². The molecule has 7 heteroatoms. The van der Waals surface area contributed by atoms with E-state index >= 15 is 0 Å². The third kappa shape index (κ3) is 2.81. The van der Waals surface area contributed by atoms with Crippen molar-refractivity contribution in [3.8, 4) is 0 Å². The zero-order valence-corrected chi connectivity index (χ0v) is 16.0. The minimum Gasteiger partial charge on any atom is -0.378 e. The number of nitrogens with zero attached hydrogens (tertiary/aromatic N) is 1. The minimum absolute atomic E-state index is 0. The molecule has 2 aromatic rings. The van der Waals surface area contributed by atoms with Gasteiger partial charge in [0.05, 0.1) is 16.3 Å². The Morgan fingerprint density at radius 2 is 2.21 bits per heavy atom. The lowest BCUT2D eigenvalue weighted by molar-refractivity contribution is -0.166. The zero-order valence-electron chi connectivity index (χ0n) is 14.4. The first-order valence-corrected chi connectivity index (χ1v) is 8.69. The summed E-state index contributed by atoms with van der Waals surface area (Å²) in [5.41, 5.74) is 7.10. The first kappa shape index (κ1) is 19.1. The van der Waals surface area contributed by atoms with Crippen molar-refractivity contribution in [1.29, 1.82) is 0 Å². The van der Waals surface area contributed by atoms with Gasteiger partial charge >= 0.3 is 0 Å². The van der Waals surface area contributed by atoms with Gasteiger partial charge < -0.3 is 15.8 Å². The number of aryl methyl sites for hydroxylation is 1. The van der Waals surface area contributed by atoms with Gasteiger partial charge in [-0.1, -0.05) is 37.3 Å². The molecule has 1 aliphatic rings. The molecule has 0 saturated heterocycles. The van der Waals surface area contributed by atoms with Crippen molar-refractivity contribution >= 4 is 45.0 Å². The van der Waals surface area contributed by atoms with E-state index in [1.165, 1.54) is 11.3 Å². The van der Waals surface area contributed by atoms with Crippen molar-refractivity contribution in [1.82, 2.24) is 4.98 Å². The molecule has 2 unspecified atom stereocenters. The maximum Gasteiger partial charge on any atom is 0.246 e. The Labute approximate surface area is 152 Å². The van der Waals surface area contributed by atoms with Crippen molar-refractivity contribution in [2.45, 2.75) is 45.8 Å². The smallest absolute Gasteiger partial charge is 0.246 e. The Bertz CT molecular complexity index is 761. The highest BCUT2D eigenvalue weighted by molar-refractivity contribution is 7.22. The number of thiazole rings is 1. The molecule has 1 saturated carbocycles. The molecule has 3 rings (SSSR count). The third-order valence-electron chi connectivity index (χ3n) is 5.08. The summed E-state index contributed by atoms with van der Waals surface area (Å²) >= 11 is 1.47. The molecule has 1 fully saturated rings. The van der Waals surface area contributed by atoms with Crippen LogP contribution in [0.1, 0.15) is 32.8 Å². The Hall–Kier alpha value is -1.21. The van der Waals surface area contributed by atoms with Gasteiger partial charge in [0.25, 0.3) is 0 Å². The molecular formula is C17H24ClN3O2S. The van der Waals surface area contributed by atoms with Gasteiger partial charge in [0.1, 0.15) is 5.54 Å². The molecule has 1 heterocycles. The van der Waals surface area contributed by atoms with Gasteiger partial charge in [-0.05, 0) is 25.5 Å². The lowest BCUT2D eigenvalue weighted by Gasteiger charge is -2.57. The fraction of sp³-hybridized carbons (Fsp3) is 0.529. The number of nitrogens with two attached hydrogens (primary N) is 1. The molecule has 1 aromatic carbocycles. The summed E-state index contributed by atoms with van der Waals surface area (Å²) in [5, 5.41) is 3.50. The van der Waals surface area contributed by atoms with Gasteiger partial charge in [0, 0.05) is 18.4 Å². The second-order valence-corrected chi connectivity index (χ2v) is 7.77. The molecule has 1 amide bonds. The van der Waals surface area contributed by atoms with E-state index in [2.05, 4.69) is 10.3 Å². The predicted octanol–water partition coefficient (Wildman–Crippen LogP) is 3.50. The first-order chi connectivity index (χ1) is 10.8. The number of hydrogen-bond acceptors (Lipinski definition) is 5. The summed E-state index contributed by atoms with van der Waals surface area (Å²) in [6.45, 7) is 8.57. The van der Waals surface area contributed by atoms with E-state index in [1.54, 1.807) is 0 Å². The van der Waals surface area contributed by atoms with Gasteiger partial charge in [0.15, 0.2) is 5.13 Å². The molecule has 132 valence electrons. The fourth-order valence-corrected chi connectivity index (χ4v) is 4.11. The summed E-state index contributed by atoms with van der Waals surface area (Å²) in [5.74, 6) is -0.185. The number of carbonyl (C=O) groups is 1. The van der Waals surface area contributed by atoms with Crippen LogP contribution in [0.3, 0.4) is 0 Å². The number of ether oxygens (including phenoxy) is 1. The Balaban J connectivity index is 0.00000208. The Morgan fingerprint density at radius 3 is 2.79 bits per heavy atom. The molecule has 1 aromatic heterocycles. The maximum atomic E-state index is 12.7. The van der Waals surface area contributed by atoms with Gasteiger partial charge in [-0.25, -0.2) is 4.98 Å². The second-order valence-electron chi connectivity index (χ2n) is 6.74. The van der Waals surface area contributed by atoms with E-state index in [-0.39, 0.29) is 24.4 Å². The number of aromatic nitrogens is 1. The van der Waals surface area contributed by atoms with Crippen LogP contribution in [-0.2, 0) is 9.53 Å². The number of hydrogen-bond donors (Lipinski definition) is 2. The SMILES string of the molecule is CCOC1CC(N)(C(=O)Nc2nc3c(C)cccc3s2)C1(C)C.Cl. The van der Waals surface area contributed by atoms with Crippen molar-refractivity contribution < 1.29 is 9.53 Å². The highest BCUT2D eigenvalue weighted by atomic mass is 35.5. The monoisotopic (exact) mass is 369 g/mol. The lowest BCUT2D eigenvalue weighted by Crippen LogP contribution is -2.74. The molecular weight excluding hydrogens is 346 g/mol. The summed E-state index contributed by atoms with van der Waals surface area (Å²) in [6, 6.07) is 6.01. The van der Waals surface area contributed by atoms with Crippen molar-refractivity contribution in [2.75, 3.05) is 11.9 Å². The molecule has 0 aliphatic heterocycles. The summed E-state index contributed by atoms with van der Waals surface area (Å²) in [4.78, 5) is 17.2. The van der Waals surface area contributed by atoms with E-state index in [0.717, 1.165) is 15.8 Å². The molecule has 5 nitrogen and oxygen atoms in total. The van der Waals surface area contributed by atoms with Gasteiger partial charge in [0.2, 0.25) is 5.91 Å². The number of carbonyl (C=O) groups excluding carboxylic acids is 1. The number of rotatable bonds is 4. The summed E-state index contributed by atoms with van der Waals surface area (Å²) < 4.78 is 6.74. The molecule has 0 bridgehead atoms. The normalized spacial score (nSPS) is 25.0. The summed E-state index contributed by atoms with van der Waals surface area (Å²) in [7, 11) is 0. The van der Waals surface area contributed by atoms with Crippen LogP contribution in [0.5, 0.6) is 0 Å². The molecule has 0 radical (unpaired) electrons. The lowest BCUT2D eigenvalue weighted by atomic mass is 9.54. The van der Waals surface area contributed by atoms with Crippen LogP contribution in [0, 0.1) is 12.3 Å². The van der Waals surface area contributed by atoms with E-state index in [1.807, 2.05) is 45.9 Å². The fourth-order valence-electron chi connectivity index (χ4n) is 3.17. The molecule has 2 atom stereocenters. The number of benzene rings is 1. The quantitative estimate of drug-likeness (QED) is 0.864. The highest BCUT2D eigenvalue weighted by Crippen LogP contribution is 2.50. The van der Waals surface area contributed by atoms with Gasteiger partial charge in [-0.2, -0.15) is 0 Å². The van der Waals surface area contributed by atoms with Crippen molar-refractivity contribution in [3.63, 3.8) is 0 Å². The molecule has 0 spiro atoms. The van der Waals surface area contributed by atoms with Crippen molar-refractivity contribution in [2.24, 2.45) is 11.1 Å². The molecule has 24 heavy (non-hydrogen) atoms. The van der Waals surface area contributed by atoms with Crippen LogP contribution in [-0.4, -0.2) is 29.1 Å². The van der Waals surface area contributed by atoms with Crippen LogP contribution in [0.2, 0.25) is 0 Å². The van der Waals surface area contributed by atoms with Crippen molar-refractivity contribution in [3.05, 3.63) is 23.8 Å². The number of halogens is 1. The van der Waals surface area contributed by atoms with E-state index in [4.69, 9.17) is 10.5 Å². The van der Waals surface area contributed by atoms with Crippen LogP contribution < -0.4 is 11.1 Å². The number of nitrogens with one attached hydrogen (secondary N) is 1. The molecule has 1 aliphatic carbocycles. The topological polar surface area (TPSA) is 77.2 Å². The van der Waals surface area contributed by atoms with Crippen LogP contribution in [0.15, 0.2) is 18.2 Å². The first-order valence-electron chi connectivity index (χ1n) is 7.87. The average Bonchev–Trinajstić information content (AvgIpc) is 2.90.